The number of rotatable bonds is 0. The predicted molar refractivity (Wildman–Crippen MR) is 119 cm³/mol. The van der Waals surface area contributed by atoms with Crippen LogP contribution < -0.4 is 0 Å². The third kappa shape index (κ3) is 21.4. The summed E-state index contributed by atoms with van der Waals surface area (Å²) in [5.74, 6) is 68.2. The second-order valence-corrected chi connectivity index (χ2v) is 3.54. The Morgan fingerprint density at radius 3 is 0.367 bits per heavy atom. The van der Waals surface area contributed by atoms with Gasteiger partial charge in [-0.05, 0) is 94.7 Å². The molecule has 0 nitrogen and oxygen atoms in total. The Morgan fingerprint density at radius 2 is 0.267 bits per heavy atom. The molecule has 0 heteroatoms. The molecule has 0 rings (SSSR count). The monoisotopic (exact) mass is 362 g/mol. The molecule has 0 saturated heterocycles. The Balaban J connectivity index is 4.46. The van der Waals surface area contributed by atoms with Crippen molar-refractivity contribution in [3.8, 4) is 179 Å². The average Bonchev–Trinajstić information content (AvgIpc) is 2.76. The largest absolute Gasteiger partial charge is 0.106 e. The SMILES string of the molecule is C#CC#CC#CC#CC#CC#CC#CC#CC#CC#CC#CC#CC#CC#CC#C. The molecule has 0 amide bonds. The Kier molecular flexibility index (Phi) is 17.5. The lowest BCUT2D eigenvalue weighted by Gasteiger charge is -1.57. The van der Waals surface area contributed by atoms with Crippen LogP contribution in [-0.4, -0.2) is 0 Å². The van der Waals surface area contributed by atoms with Crippen LogP contribution in [0.15, 0.2) is 0 Å². The van der Waals surface area contributed by atoms with Crippen molar-refractivity contribution >= 4 is 0 Å². The van der Waals surface area contributed by atoms with Crippen LogP contribution in [0.4, 0.5) is 0 Å². The van der Waals surface area contributed by atoms with Gasteiger partial charge in [-0.3, -0.25) is 0 Å². The molecule has 0 aliphatic rings. The molecule has 0 aromatic heterocycles. The first-order valence-corrected chi connectivity index (χ1v) is 7.33. The zero-order chi connectivity index (χ0) is 21.8. The molecule has 0 unspecified atom stereocenters. The highest BCUT2D eigenvalue weighted by atomic mass is 13.6. The molecule has 0 radical (unpaired) electrons. The van der Waals surface area contributed by atoms with Gasteiger partial charge in [0.15, 0.2) is 0 Å². The van der Waals surface area contributed by atoms with E-state index in [1.54, 1.807) is 0 Å². The molecule has 0 heterocycles. The van der Waals surface area contributed by atoms with Gasteiger partial charge in [0.05, 0.1) is 0 Å². The Bertz CT molecular complexity index is 1480. The van der Waals surface area contributed by atoms with Crippen LogP contribution in [0.1, 0.15) is 0 Å². The Morgan fingerprint density at radius 1 is 0.167 bits per heavy atom. The first-order valence-electron chi connectivity index (χ1n) is 7.33. The number of terminal acetylenes is 2. The Hall–Kier alpha value is -6.60. The van der Waals surface area contributed by atoms with Crippen LogP contribution in [0, 0.1) is 179 Å². The third-order valence-electron chi connectivity index (χ3n) is 1.71. The topological polar surface area (TPSA) is 0 Å². The quantitative estimate of drug-likeness (QED) is 0.544. The van der Waals surface area contributed by atoms with Crippen LogP contribution in [0.5, 0.6) is 0 Å². The normalized spacial score (nSPS) is 3.80. The van der Waals surface area contributed by atoms with Crippen molar-refractivity contribution in [2.75, 3.05) is 0 Å². The van der Waals surface area contributed by atoms with E-state index < -0.39 is 0 Å². The van der Waals surface area contributed by atoms with Gasteiger partial charge in [-0.1, -0.05) is 0 Å². The molecule has 0 bridgehead atoms. The molecule has 0 fully saturated rings. The highest BCUT2D eigenvalue weighted by Gasteiger charge is 1.59. The molecular formula is C30H2. The number of hydrogen-bond donors (Lipinski definition) is 0. The molecule has 0 aliphatic heterocycles. The zero-order valence-corrected chi connectivity index (χ0v) is 15.2. The van der Waals surface area contributed by atoms with Crippen molar-refractivity contribution in [2.24, 2.45) is 0 Å². The van der Waals surface area contributed by atoms with Crippen molar-refractivity contribution in [3.05, 3.63) is 0 Å². The summed E-state index contributed by atoms with van der Waals surface area (Å²) in [4.78, 5) is 0. The fourth-order valence-electron chi connectivity index (χ4n) is 0.822. The smallest absolute Gasteiger partial charge is 0 e. The molecular weight excluding hydrogens is 360 g/mol. The van der Waals surface area contributed by atoms with Crippen LogP contribution in [0.3, 0.4) is 0 Å². The summed E-state index contributed by atoms with van der Waals surface area (Å²) in [7, 11) is 0. The molecule has 0 aromatic carbocycles. The summed E-state index contributed by atoms with van der Waals surface area (Å²) in [5.41, 5.74) is 0. The van der Waals surface area contributed by atoms with E-state index in [1.807, 2.05) is 0 Å². The first kappa shape index (κ1) is 23.4. The summed E-state index contributed by atoms with van der Waals surface area (Å²) in [6.07, 6.45) is 9.83. The fourth-order valence-corrected chi connectivity index (χ4v) is 0.822. The average molecular weight is 362 g/mol. The molecule has 0 saturated carbocycles. The van der Waals surface area contributed by atoms with Gasteiger partial charge in [0.2, 0.25) is 0 Å². The van der Waals surface area contributed by atoms with E-state index >= 15 is 0 Å². The second-order valence-electron chi connectivity index (χ2n) is 3.54. The molecule has 0 aliphatic carbocycles. The minimum absolute atomic E-state index is 2.12. The minimum atomic E-state index is 2.12. The van der Waals surface area contributed by atoms with Gasteiger partial charge in [-0.2, -0.15) is 0 Å². The summed E-state index contributed by atoms with van der Waals surface area (Å²) in [6.45, 7) is 0. The summed E-state index contributed by atoms with van der Waals surface area (Å²) >= 11 is 0. The summed E-state index contributed by atoms with van der Waals surface area (Å²) in [6, 6.07) is 0. The van der Waals surface area contributed by atoms with Gasteiger partial charge >= 0.3 is 0 Å². The van der Waals surface area contributed by atoms with Gasteiger partial charge in [-0.15, -0.1) is 12.8 Å². The highest BCUT2D eigenvalue weighted by molar-refractivity contribution is 5.48. The van der Waals surface area contributed by atoms with Crippen molar-refractivity contribution in [2.45, 2.75) is 0 Å². The maximum absolute atomic E-state index is 4.92. The summed E-state index contributed by atoms with van der Waals surface area (Å²) < 4.78 is 0. The molecule has 0 aromatic rings. The zero-order valence-electron chi connectivity index (χ0n) is 15.2. The third-order valence-corrected chi connectivity index (χ3v) is 1.71. The molecule has 0 spiro atoms. The van der Waals surface area contributed by atoms with Gasteiger partial charge in [0.1, 0.15) is 0 Å². The van der Waals surface area contributed by atoms with E-state index in [4.69, 9.17) is 12.8 Å². The molecule has 122 valence electrons. The minimum Gasteiger partial charge on any atom is -0.106 e. The fraction of sp³-hybridized carbons (Fsp3) is 0. The van der Waals surface area contributed by atoms with E-state index in [-0.39, 0.29) is 0 Å². The van der Waals surface area contributed by atoms with E-state index in [1.165, 1.54) is 0 Å². The maximum Gasteiger partial charge on any atom is 0 e. The van der Waals surface area contributed by atoms with Crippen molar-refractivity contribution in [1.29, 1.82) is 0 Å². The van der Waals surface area contributed by atoms with E-state index in [0.29, 0.717) is 0 Å². The van der Waals surface area contributed by atoms with E-state index in [9.17, 15) is 0 Å². The van der Waals surface area contributed by atoms with Crippen LogP contribution in [0.2, 0.25) is 0 Å². The van der Waals surface area contributed by atoms with Gasteiger partial charge in [-0.25, -0.2) is 0 Å². The highest BCUT2D eigenvalue weighted by Crippen LogP contribution is 1.59. The van der Waals surface area contributed by atoms with Gasteiger partial charge in [0, 0.05) is 71.0 Å². The number of hydrogen-bond acceptors (Lipinski definition) is 0. The van der Waals surface area contributed by atoms with E-state index in [2.05, 4.69) is 166 Å². The Labute approximate surface area is 178 Å². The van der Waals surface area contributed by atoms with Crippen LogP contribution in [0.25, 0.3) is 0 Å². The summed E-state index contributed by atoms with van der Waals surface area (Å²) in [5, 5.41) is 0. The van der Waals surface area contributed by atoms with Crippen molar-refractivity contribution < 1.29 is 0 Å². The van der Waals surface area contributed by atoms with E-state index in [0.717, 1.165) is 0 Å². The molecule has 30 heavy (non-hydrogen) atoms. The van der Waals surface area contributed by atoms with Crippen molar-refractivity contribution in [3.63, 3.8) is 0 Å². The molecule has 0 atom stereocenters. The van der Waals surface area contributed by atoms with Crippen LogP contribution >= 0.6 is 0 Å². The van der Waals surface area contributed by atoms with Crippen molar-refractivity contribution in [1.82, 2.24) is 0 Å². The van der Waals surface area contributed by atoms with Gasteiger partial charge in [0.25, 0.3) is 0 Å². The molecule has 0 N–H and O–H groups in total. The lowest BCUT2D eigenvalue weighted by molar-refractivity contribution is 2.32. The second kappa shape index (κ2) is 22.4. The van der Waals surface area contributed by atoms with Crippen LogP contribution in [-0.2, 0) is 0 Å². The first-order chi connectivity index (χ1) is 14.9. The maximum atomic E-state index is 4.92. The lowest BCUT2D eigenvalue weighted by atomic mass is 10.4. The predicted octanol–water partition coefficient (Wildman–Crippen LogP) is 0.297. The standard InChI is InChI=1S/C30H2/c1-3-5-7-9-11-13-15-17-19-21-23-25-27-29-30-28-26-24-22-20-18-16-14-12-10-8-6-4-2/h1-2H. The lowest BCUT2D eigenvalue weighted by Crippen LogP contribution is -1.57. The van der Waals surface area contributed by atoms with Gasteiger partial charge < -0.3 is 0 Å².